The third-order valence-electron chi connectivity index (χ3n) is 8.74. The number of ether oxygens (including phenoxy) is 1. The molecule has 3 fully saturated rings. The second kappa shape index (κ2) is 10.2. The van der Waals surface area contributed by atoms with Gasteiger partial charge in [0.1, 0.15) is 18.2 Å². The molecule has 6 atom stereocenters. The van der Waals surface area contributed by atoms with Crippen LogP contribution in [0.25, 0.3) is 11.0 Å². The molecule has 210 valence electrons. The van der Waals surface area contributed by atoms with Gasteiger partial charge in [-0.3, -0.25) is 14.4 Å². The lowest BCUT2D eigenvalue weighted by Gasteiger charge is -2.37. The summed E-state index contributed by atoms with van der Waals surface area (Å²) in [6, 6.07) is 15.6. The maximum Gasteiger partial charge on any atom is 0.311 e. The summed E-state index contributed by atoms with van der Waals surface area (Å²) < 4.78 is 5.76. The van der Waals surface area contributed by atoms with Crippen LogP contribution in [0.4, 0.5) is 0 Å². The number of hydrogen-bond donors (Lipinski definition) is 2. The van der Waals surface area contributed by atoms with Crippen molar-refractivity contribution in [2.75, 3.05) is 13.2 Å². The molecule has 2 amide bonds. The number of amides is 2. The highest BCUT2D eigenvalue weighted by Crippen LogP contribution is 2.71. The number of aliphatic hydroxyl groups is 1. The molecule has 1 aromatic heterocycles. The van der Waals surface area contributed by atoms with E-state index in [9.17, 15) is 19.5 Å². The molecule has 2 unspecified atom stereocenters. The van der Waals surface area contributed by atoms with Gasteiger partial charge in [0, 0.05) is 4.75 Å². The van der Waals surface area contributed by atoms with Gasteiger partial charge in [-0.15, -0.1) is 16.9 Å². The van der Waals surface area contributed by atoms with Gasteiger partial charge in [0.15, 0.2) is 0 Å². The third kappa shape index (κ3) is 4.09. The van der Waals surface area contributed by atoms with E-state index in [1.54, 1.807) is 28.3 Å². The summed E-state index contributed by atoms with van der Waals surface area (Å²) in [6.07, 6.45) is 1.69. The molecule has 2 aromatic carbocycles. The molecule has 3 aromatic rings. The number of fused-ring (bicyclic) bond motifs is 2. The van der Waals surface area contributed by atoms with Crippen LogP contribution in [-0.4, -0.2) is 77.6 Å². The Bertz CT molecular complexity index is 1450. The van der Waals surface area contributed by atoms with Crippen LogP contribution in [0.1, 0.15) is 32.3 Å². The highest BCUT2D eigenvalue weighted by Gasteiger charge is 2.78. The van der Waals surface area contributed by atoms with Gasteiger partial charge in [-0.05, 0) is 50.8 Å². The first-order valence-corrected chi connectivity index (χ1v) is 14.5. The summed E-state index contributed by atoms with van der Waals surface area (Å²) in [4.78, 5) is 43.3. The van der Waals surface area contributed by atoms with Crippen LogP contribution in [0, 0.1) is 11.8 Å². The molecule has 2 bridgehead atoms. The lowest BCUT2D eigenvalue weighted by molar-refractivity contribution is -0.155. The van der Waals surface area contributed by atoms with Crippen LogP contribution in [0.2, 0.25) is 0 Å². The van der Waals surface area contributed by atoms with Crippen LogP contribution >= 0.6 is 11.8 Å². The summed E-state index contributed by atoms with van der Waals surface area (Å²) in [5, 5.41) is 21.9. The Labute approximate surface area is 236 Å². The second-order valence-electron chi connectivity index (χ2n) is 11.0. The zero-order valence-electron chi connectivity index (χ0n) is 22.5. The fraction of sp³-hybridized carbons (Fsp3) is 0.483. The SMILES string of the molecule is CCOC(=O)[C@H]1[C@H]2C(=O)N([C@@H](CO)Cc3ccccc3)C(C(=O)NCn3nnc4ccccc43)C23CC[C@]1(C)S3. The largest absolute Gasteiger partial charge is 0.466 e. The Kier molecular flexibility index (Phi) is 6.82. The van der Waals surface area contributed by atoms with Crippen molar-refractivity contribution in [3.8, 4) is 0 Å². The van der Waals surface area contributed by atoms with E-state index in [4.69, 9.17) is 4.74 Å². The summed E-state index contributed by atoms with van der Waals surface area (Å²) >= 11 is 1.58. The highest BCUT2D eigenvalue weighted by molar-refractivity contribution is 8.02. The number of rotatable bonds is 9. The molecule has 3 aliphatic rings. The molecule has 11 heteroatoms. The normalized spacial score (nSPS) is 29.5. The summed E-state index contributed by atoms with van der Waals surface area (Å²) in [7, 11) is 0. The first-order chi connectivity index (χ1) is 19.3. The molecule has 0 aliphatic carbocycles. The van der Waals surface area contributed by atoms with Gasteiger partial charge in [0.25, 0.3) is 0 Å². The van der Waals surface area contributed by atoms with Crippen molar-refractivity contribution in [1.82, 2.24) is 25.2 Å². The van der Waals surface area contributed by atoms with E-state index < -0.39 is 39.4 Å². The van der Waals surface area contributed by atoms with E-state index in [1.807, 2.05) is 61.5 Å². The maximum atomic E-state index is 14.3. The number of para-hydroxylation sites is 1. The van der Waals surface area contributed by atoms with Crippen molar-refractivity contribution in [3.05, 3.63) is 60.2 Å². The van der Waals surface area contributed by atoms with Crippen molar-refractivity contribution in [2.24, 2.45) is 11.8 Å². The fourth-order valence-electron chi connectivity index (χ4n) is 7.07. The van der Waals surface area contributed by atoms with Crippen LogP contribution in [0.3, 0.4) is 0 Å². The van der Waals surface area contributed by atoms with Crippen LogP contribution in [0.5, 0.6) is 0 Å². The summed E-state index contributed by atoms with van der Waals surface area (Å²) in [5.74, 6) is -2.35. The Balaban J connectivity index is 1.36. The minimum absolute atomic E-state index is 0.0738. The van der Waals surface area contributed by atoms with Crippen molar-refractivity contribution in [1.29, 1.82) is 0 Å². The summed E-state index contributed by atoms with van der Waals surface area (Å²) in [5.41, 5.74) is 2.44. The minimum Gasteiger partial charge on any atom is -0.466 e. The maximum absolute atomic E-state index is 14.3. The predicted octanol–water partition coefficient (Wildman–Crippen LogP) is 2.15. The molecule has 40 heavy (non-hydrogen) atoms. The molecule has 3 aliphatic heterocycles. The van der Waals surface area contributed by atoms with E-state index in [0.29, 0.717) is 24.8 Å². The van der Waals surface area contributed by atoms with Gasteiger partial charge >= 0.3 is 5.97 Å². The Hall–Kier alpha value is -3.44. The van der Waals surface area contributed by atoms with Gasteiger partial charge in [0.2, 0.25) is 11.8 Å². The van der Waals surface area contributed by atoms with E-state index in [0.717, 1.165) is 11.1 Å². The monoisotopic (exact) mass is 563 g/mol. The van der Waals surface area contributed by atoms with Gasteiger partial charge < -0.3 is 20.1 Å². The molecule has 6 rings (SSSR count). The van der Waals surface area contributed by atoms with E-state index in [1.165, 1.54) is 0 Å². The first kappa shape index (κ1) is 26.8. The predicted molar refractivity (Wildman–Crippen MR) is 149 cm³/mol. The molecule has 4 heterocycles. The summed E-state index contributed by atoms with van der Waals surface area (Å²) in [6.45, 7) is 3.74. The van der Waals surface area contributed by atoms with Crippen molar-refractivity contribution >= 4 is 40.6 Å². The quantitative estimate of drug-likeness (QED) is 0.380. The number of likely N-dealkylation sites (tertiary alicyclic amines) is 1. The lowest BCUT2D eigenvalue weighted by Crippen LogP contribution is -2.57. The number of esters is 1. The van der Waals surface area contributed by atoms with Crippen molar-refractivity contribution < 1.29 is 24.2 Å². The van der Waals surface area contributed by atoms with Gasteiger partial charge in [-0.25, -0.2) is 4.68 Å². The van der Waals surface area contributed by atoms with Crippen LogP contribution in [-0.2, 0) is 32.2 Å². The molecule has 0 saturated carbocycles. The molecule has 10 nitrogen and oxygen atoms in total. The second-order valence-corrected chi connectivity index (χ2v) is 12.9. The molecule has 1 spiro atoms. The smallest absolute Gasteiger partial charge is 0.311 e. The number of carbonyl (C=O) groups excluding carboxylic acids is 3. The van der Waals surface area contributed by atoms with E-state index >= 15 is 0 Å². The number of hydrogen-bond acceptors (Lipinski definition) is 8. The van der Waals surface area contributed by atoms with Gasteiger partial charge in [0.05, 0.1) is 41.4 Å². The fourth-order valence-corrected chi connectivity index (χ4v) is 9.40. The number of thioether (sulfide) groups is 1. The Morgan fingerprint density at radius 3 is 2.67 bits per heavy atom. The third-order valence-corrected chi connectivity index (χ3v) is 10.7. The topological polar surface area (TPSA) is 127 Å². The number of benzene rings is 2. The minimum atomic E-state index is -0.869. The van der Waals surface area contributed by atoms with Gasteiger partial charge in [-0.1, -0.05) is 47.7 Å². The first-order valence-electron chi connectivity index (χ1n) is 13.7. The number of carbonyl (C=O) groups is 3. The molecule has 0 radical (unpaired) electrons. The molecule has 3 saturated heterocycles. The number of aliphatic hydroxyl groups excluding tert-OH is 1. The lowest BCUT2D eigenvalue weighted by atomic mass is 9.66. The molecular formula is C29H33N5O5S. The molecule has 2 N–H and O–H groups in total. The average Bonchev–Trinajstić information content (AvgIpc) is 3.66. The zero-order chi connectivity index (χ0) is 28.1. The van der Waals surface area contributed by atoms with Crippen LogP contribution in [0.15, 0.2) is 54.6 Å². The Morgan fingerprint density at radius 1 is 1.18 bits per heavy atom. The number of nitrogens with one attached hydrogen (secondary N) is 1. The Morgan fingerprint density at radius 2 is 1.93 bits per heavy atom. The van der Waals surface area contributed by atoms with Crippen molar-refractivity contribution in [3.63, 3.8) is 0 Å². The standard InChI is InChI=1S/C29H33N5O5S/c1-3-39-27(38)23-22-26(37)34(19(16-35)15-18-9-5-4-6-10-18)24(29(22)14-13-28(23,2)40-29)25(36)30-17-33-21-12-8-7-11-20(21)31-32-33/h4-12,19,22-24,35H,3,13-17H2,1-2H3,(H,30,36)/t19-,22+,23-,24?,28+,29?/m1/s1. The zero-order valence-corrected chi connectivity index (χ0v) is 23.3. The average molecular weight is 564 g/mol. The van der Waals surface area contributed by atoms with Gasteiger partial charge in [-0.2, -0.15) is 0 Å². The highest BCUT2D eigenvalue weighted by atomic mass is 32.2. The number of aromatic nitrogens is 3. The van der Waals surface area contributed by atoms with E-state index in [2.05, 4.69) is 15.6 Å². The van der Waals surface area contributed by atoms with Crippen molar-refractivity contribution in [2.45, 2.75) is 61.4 Å². The van der Waals surface area contributed by atoms with Crippen LogP contribution < -0.4 is 5.32 Å². The van der Waals surface area contributed by atoms with E-state index in [-0.39, 0.29) is 31.7 Å². The molecular weight excluding hydrogens is 530 g/mol. The number of nitrogens with zero attached hydrogens (tertiary/aromatic N) is 4.